The van der Waals surface area contributed by atoms with Gasteiger partial charge in [0.25, 0.3) is 0 Å². The van der Waals surface area contributed by atoms with E-state index in [1.807, 2.05) is 60.8 Å². The van der Waals surface area contributed by atoms with Crippen LogP contribution in [0.25, 0.3) is 49.9 Å². The van der Waals surface area contributed by atoms with Crippen LogP contribution in [0.2, 0.25) is 0 Å². The Kier molecular flexibility index (Phi) is 10.2. The van der Waals surface area contributed by atoms with Crippen LogP contribution in [0.1, 0.15) is 108 Å². The van der Waals surface area contributed by atoms with Crippen LogP contribution < -0.4 is 14.5 Å². The van der Waals surface area contributed by atoms with Crippen LogP contribution in [0.4, 0.5) is 17.1 Å². The maximum Gasteiger partial charge on any atom is 0.137 e. The van der Waals surface area contributed by atoms with Crippen molar-refractivity contribution in [1.29, 1.82) is 0 Å². The van der Waals surface area contributed by atoms with E-state index in [-0.39, 0.29) is 16.4 Å². The van der Waals surface area contributed by atoms with Crippen LogP contribution in [-0.4, -0.2) is 22.8 Å². The number of rotatable bonds is 14. The third-order valence-corrected chi connectivity index (χ3v) is 13.7. The average Bonchev–Trinajstić information content (AvgIpc) is 4.04. The van der Waals surface area contributed by atoms with E-state index in [0.29, 0.717) is 50.2 Å². The number of ether oxygens (including phenoxy) is 1. The van der Waals surface area contributed by atoms with Gasteiger partial charge >= 0.3 is 0 Å². The summed E-state index contributed by atoms with van der Waals surface area (Å²) in [6, 6.07) is 57.1. The largest absolute Gasteiger partial charge is 0.489 e. The lowest BCUT2D eigenvalue weighted by molar-refractivity contribution is 0.306. The zero-order chi connectivity index (χ0) is 56.3. The molecule has 354 valence electrons. The Labute approximate surface area is 429 Å². The number of hydrogen-bond acceptors (Lipinski definition) is 4. The second kappa shape index (κ2) is 19.4. The van der Waals surface area contributed by atoms with E-state index in [0.717, 1.165) is 78.3 Å². The van der Waals surface area contributed by atoms with E-state index in [4.69, 9.17) is 19.3 Å². The number of hydrogen-bond donors (Lipinski definition) is 0. The molecule has 9 aromatic rings. The van der Waals surface area contributed by atoms with Crippen molar-refractivity contribution in [1.82, 2.24) is 9.55 Å². The summed E-state index contributed by atoms with van der Waals surface area (Å²) in [6.07, 6.45) is 0.325. The van der Waals surface area contributed by atoms with Gasteiger partial charge in [-0.1, -0.05) is 158 Å². The summed E-state index contributed by atoms with van der Waals surface area (Å²) in [5.41, 5.74) is 12.1. The van der Waals surface area contributed by atoms with Crippen molar-refractivity contribution in [2.75, 3.05) is 23.0 Å². The van der Waals surface area contributed by atoms with Gasteiger partial charge < -0.3 is 14.5 Å². The molecule has 1 aliphatic rings. The van der Waals surface area contributed by atoms with Gasteiger partial charge in [-0.15, -0.1) is 0 Å². The number of aromatic nitrogens is 2. The fourth-order valence-corrected chi connectivity index (χ4v) is 9.97. The minimum Gasteiger partial charge on any atom is -0.489 e. The van der Waals surface area contributed by atoms with Gasteiger partial charge in [-0.2, -0.15) is 0 Å². The summed E-state index contributed by atoms with van der Waals surface area (Å²) in [6.45, 7) is 7.66. The fourth-order valence-electron chi connectivity index (χ4n) is 9.97. The van der Waals surface area contributed by atoms with Gasteiger partial charge in [-0.05, 0) is 153 Å². The van der Waals surface area contributed by atoms with Crippen molar-refractivity contribution in [2.45, 2.75) is 98.3 Å². The second-order valence-electron chi connectivity index (χ2n) is 20.7. The summed E-state index contributed by atoms with van der Waals surface area (Å²) in [7, 11) is 0. The molecular formula is C65H68N4O. The highest BCUT2D eigenvalue weighted by Crippen LogP contribution is 2.42. The van der Waals surface area contributed by atoms with Crippen LogP contribution in [0.5, 0.6) is 5.75 Å². The number of pyridine rings is 1. The quantitative estimate of drug-likeness (QED) is 0.102. The molecule has 0 N–H and O–H groups in total. The molecule has 10 rings (SSSR count). The van der Waals surface area contributed by atoms with Crippen LogP contribution >= 0.6 is 0 Å². The topological polar surface area (TPSA) is 33.5 Å². The van der Waals surface area contributed by atoms with Crippen molar-refractivity contribution < 1.29 is 17.1 Å². The van der Waals surface area contributed by atoms with Gasteiger partial charge in [-0.3, -0.25) is 4.57 Å². The molecule has 2 aromatic heterocycles. The summed E-state index contributed by atoms with van der Waals surface area (Å²) in [4.78, 5) is 9.48. The van der Waals surface area contributed by atoms with Crippen molar-refractivity contribution in [3.8, 4) is 33.8 Å². The lowest BCUT2D eigenvalue weighted by atomic mass is 9.81. The zero-order valence-electron chi connectivity index (χ0n) is 50.2. The van der Waals surface area contributed by atoms with Crippen molar-refractivity contribution in [3.63, 3.8) is 0 Å². The van der Waals surface area contributed by atoms with Crippen LogP contribution in [0, 0.1) is 5.89 Å². The zero-order valence-corrected chi connectivity index (χ0v) is 41.2. The molecule has 5 nitrogen and oxygen atoms in total. The number of nitrogens with zero attached hydrogens (tertiary/aromatic N) is 4. The van der Waals surface area contributed by atoms with Gasteiger partial charge in [0.2, 0.25) is 0 Å². The molecule has 0 radical (unpaired) electrons. The summed E-state index contributed by atoms with van der Waals surface area (Å²) in [5.74, 6) is -1.86. The number of unbranched alkanes of at least 4 members (excludes halogenated alkanes) is 1. The number of benzene rings is 7. The molecule has 5 heteroatoms. The molecular weight excluding hydrogens is 853 g/mol. The normalized spacial score (nSPS) is 15.5. The molecule has 0 atom stereocenters. The molecule has 0 saturated heterocycles. The predicted molar refractivity (Wildman–Crippen MR) is 296 cm³/mol. The van der Waals surface area contributed by atoms with E-state index in [1.165, 1.54) is 11.6 Å². The van der Waals surface area contributed by atoms with E-state index in [9.17, 15) is 2.74 Å². The maximum atomic E-state index is 9.48. The Hall–Kier alpha value is -7.11. The first-order valence-electron chi connectivity index (χ1n) is 29.0. The molecule has 0 fully saturated rings. The first-order valence-corrected chi connectivity index (χ1v) is 24.5. The third-order valence-electron chi connectivity index (χ3n) is 13.7. The van der Waals surface area contributed by atoms with E-state index >= 15 is 0 Å². The summed E-state index contributed by atoms with van der Waals surface area (Å²) >= 11 is 0. The Morgan fingerprint density at radius 1 is 0.643 bits per heavy atom. The fraction of sp³-hybridized carbons (Fsp3) is 0.277. The molecule has 0 unspecified atom stereocenters. The number of para-hydroxylation sites is 3. The van der Waals surface area contributed by atoms with Gasteiger partial charge in [0.1, 0.15) is 18.2 Å². The van der Waals surface area contributed by atoms with Gasteiger partial charge in [0.15, 0.2) is 0 Å². The SMILES string of the molecule is [2H]C([2H])([2H])C([2H])(C([2H])([2H])[2H])C([2H])([2H])c1cccc(-c2cc(-c3ccccc3)cc(C(C)(C)C)c2)c1CCCCN1CN(c2cccc(COc3ccc4c5ccccc5n(-c5cc(C(C)(C)C)ccn5)c4c3)c2)c2ccccc21. The number of fused-ring (bicyclic) bond motifs is 4. The Morgan fingerprint density at radius 3 is 2.20 bits per heavy atom. The Balaban J connectivity index is 0.909. The minimum atomic E-state index is -3.49. The van der Waals surface area contributed by atoms with Gasteiger partial charge in [0, 0.05) is 47.6 Å². The van der Waals surface area contributed by atoms with Crippen LogP contribution in [-0.2, 0) is 30.2 Å². The second-order valence-corrected chi connectivity index (χ2v) is 20.7. The monoisotopic (exact) mass is 930 g/mol. The average molecular weight is 930 g/mol. The van der Waals surface area contributed by atoms with Gasteiger partial charge in [0.05, 0.1) is 29.1 Å². The summed E-state index contributed by atoms with van der Waals surface area (Å²) < 4.78 is 87.0. The molecule has 3 heterocycles. The van der Waals surface area contributed by atoms with Crippen LogP contribution in [0.15, 0.2) is 176 Å². The standard InChI is InChI=1S/C65H68N4O/c1-45(2)36-48-23-19-27-56(50-38-49(47-21-10-9-11-22-47)39-52(40-50)65(6,7)8)55(48)25-16-17-35-67-44-68(61-30-15-14-29-60(61)67)53-24-18-20-46(37-53)43-70-54-31-32-58-57-26-12-13-28-59(57)69(62(58)42-54)63-41-51(33-34-66-63)64(3,4)5/h9-15,18-24,26-34,37-42,45H,16-17,25,35-36,43-44H2,1-8H3/i1D3,2D3,36D2,45D. The van der Waals surface area contributed by atoms with Crippen molar-refractivity contribution in [2.24, 2.45) is 5.89 Å². The molecule has 1 aliphatic heterocycles. The Bertz CT molecular complexity index is 3670. The lowest BCUT2D eigenvalue weighted by Gasteiger charge is -2.24. The Morgan fingerprint density at radius 2 is 1.39 bits per heavy atom. The highest BCUT2D eigenvalue weighted by Gasteiger charge is 2.27. The van der Waals surface area contributed by atoms with Gasteiger partial charge in [-0.25, -0.2) is 4.98 Å². The molecule has 0 amide bonds. The molecule has 0 aliphatic carbocycles. The molecule has 70 heavy (non-hydrogen) atoms. The van der Waals surface area contributed by atoms with E-state index in [2.05, 4.69) is 159 Å². The predicted octanol–water partition coefficient (Wildman–Crippen LogP) is 16.8. The molecule has 0 bridgehead atoms. The molecule has 7 aromatic carbocycles. The van der Waals surface area contributed by atoms with E-state index in [1.54, 1.807) is 6.07 Å². The van der Waals surface area contributed by atoms with Crippen molar-refractivity contribution in [3.05, 3.63) is 204 Å². The molecule has 0 spiro atoms. The minimum absolute atomic E-state index is 0.0403. The van der Waals surface area contributed by atoms with Crippen molar-refractivity contribution >= 4 is 38.9 Å². The van der Waals surface area contributed by atoms with Crippen LogP contribution in [0.3, 0.4) is 0 Å². The number of anilines is 3. The lowest BCUT2D eigenvalue weighted by Crippen LogP contribution is -2.28. The van der Waals surface area contributed by atoms with E-state index < -0.39 is 26.0 Å². The first-order chi connectivity index (χ1) is 37.3. The highest BCUT2D eigenvalue weighted by molar-refractivity contribution is 6.09. The highest BCUT2D eigenvalue weighted by atomic mass is 16.5. The molecule has 0 saturated carbocycles. The smallest absolute Gasteiger partial charge is 0.137 e. The first kappa shape index (κ1) is 36.8. The maximum absolute atomic E-state index is 9.48. The summed E-state index contributed by atoms with van der Waals surface area (Å²) in [5, 5.41) is 2.27. The third kappa shape index (κ3) is 9.72.